The highest BCUT2D eigenvalue weighted by Gasteiger charge is 2.38. The Morgan fingerprint density at radius 2 is 2.12 bits per heavy atom. The van der Waals surface area contributed by atoms with E-state index in [0.717, 1.165) is 6.92 Å². The summed E-state index contributed by atoms with van der Waals surface area (Å²) in [7, 11) is 1.60. The number of nitrogens with zero attached hydrogens (tertiary/aromatic N) is 1. The molecule has 1 atom stereocenters. The Morgan fingerprint density at radius 1 is 1.47 bits per heavy atom. The first kappa shape index (κ1) is 13.7. The minimum Gasteiger partial charge on any atom is -0.463 e. The molecule has 0 amide bonds. The van der Waals surface area contributed by atoms with Crippen molar-refractivity contribution in [3.63, 3.8) is 0 Å². The van der Waals surface area contributed by atoms with Gasteiger partial charge in [-0.1, -0.05) is 0 Å². The summed E-state index contributed by atoms with van der Waals surface area (Å²) >= 11 is 0. The van der Waals surface area contributed by atoms with Crippen molar-refractivity contribution in [1.82, 2.24) is 10.3 Å². The van der Waals surface area contributed by atoms with Gasteiger partial charge in [0.15, 0.2) is 11.9 Å². The van der Waals surface area contributed by atoms with Crippen molar-refractivity contribution in [2.75, 3.05) is 7.05 Å². The van der Waals surface area contributed by atoms with Crippen LogP contribution in [0.15, 0.2) is 12.3 Å². The maximum absolute atomic E-state index is 13.6. The van der Waals surface area contributed by atoms with Crippen LogP contribution in [0.4, 0.5) is 17.6 Å². The van der Waals surface area contributed by atoms with Crippen molar-refractivity contribution in [3.05, 3.63) is 23.6 Å². The molecule has 0 saturated carbocycles. The third kappa shape index (κ3) is 3.55. The van der Waals surface area contributed by atoms with Gasteiger partial charge in [0.05, 0.1) is 0 Å². The number of ether oxygens (including phenoxy) is 1. The molecular formula is C10H12F4N2O. The van der Waals surface area contributed by atoms with Crippen molar-refractivity contribution in [2.45, 2.75) is 25.7 Å². The molecule has 7 heteroatoms. The molecule has 96 valence electrons. The van der Waals surface area contributed by atoms with E-state index in [1.54, 1.807) is 7.05 Å². The van der Waals surface area contributed by atoms with E-state index < -0.39 is 24.0 Å². The quantitative estimate of drug-likeness (QED) is 0.835. The summed E-state index contributed by atoms with van der Waals surface area (Å²) in [6.07, 6.45) is -5.45. The molecular weight excluding hydrogens is 240 g/mol. The Balaban J connectivity index is 2.88. The van der Waals surface area contributed by atoms with Gasteiger partial charge in [-0.05, 0) is 20.0 Å². The van der Waals surface area contributed by atoms with Crippen molar-refractivity contribution < 1.29 is 22.3 Å². The van der Waals surface area contributed by atoms with E-state index in [0.29, 0.717) is 0 Å². The van der Waals surface area contributed by atoms with Crippen molar-refractivity contribution >= 4 is 0 Å². The molecule has 1 unspecified atom stereocenters. The molecule has 1 heterocycles. The van der Waals surface area contributed by atoms with Gasteiger partial charge in [0.1, 0.15) is 0 Å². The van der Waals surface area contributed by atoms with Crippen LogP contribution in [0.3, 0.4) is 0 Å². The molecule has 0 aliphatic heterocycles. The summed E-state index contributed by atoms with van der Waals surface area (Å²) in [5, 5.41) is 2.69. The molecule has 1 N–H and O–H groups in total. The third-order valence-corrected chi connectivity index (χ3v) is 2.05. The zero-order valence-electron chi connectivity index (χ0n) is 9.31. The minimum atomic E-state index is -4.55. The summed E-state index contributed by atoms with van der Waals surface area (Å²) in [5.41, 5.74) is 0.201. The largest absolute Gasteiger partial charge is 0.463 e. The van der Waals surface area contributed by atoms with Gasteiger partial charge in [-0.15, -0.1) is 0 Å². The van der Waals surface area contributed by atoms with Crippen molar-refractivity contribution in [2.24, 2.45) is 0 Å². The van der Waals surface area contributed by atoms with Crippen molar-refractivity contribution in [1.29, 1.82) is 0 Å². The number of halogens is 4. The van der Waals surface area contributed by atoms with Gasteiger partial charge in [-0.3, -0.25) is 0 Å². The van der Waals surface area contributed by atoms with Gasteiger partial charge in [-0.2, -0.15) is 13.2 Å². The van der Waals surface area contributed by atoms with Crippen LogP contribution in [0.5, 0.6) is 5.88 Å². The van der Waals surface area contributed by atoms with Gasteiger partial charge in [-0.25, -0.2) is 9.37 Å². The lowest BCUT2D eigenvalue weighted by Crippen LogP contribution is -2.31. The molecule has 1 aromatic rings. The summed E-state index contributed by atoms with van der Waals surface area (Å²) < 4.78 is 54.8. The Bertz CT molecular complexity index is 381. The van der Waals surface area contributed by atoms with E-state index in [2.05, 4.69) is 15.0 Å². The van der Waals surface area contributed by atoms with Crippen LogP contribution in [0, 0.1) is 5.82 Å². The van der Waals surface area contributed by atoms with E-state index in [-0.39, 0.29) is 12.1 Å². The molecule has 0 bridgehead atoms. The normalized spacial score (nSPS) is 13.5. The van der Waals surface area contributed by atoms with Gasteiger partial charge in [0.25, 0.3) is 5.88 Å². The predicted octanol–water partition coefficient (Wildman–Crippen LogP) is 2.27. The number of hydrogen-bond acceptors (Lipinski definition) is 3. The predicted molar refractivity (Wildman–Crippen MR) is 53.1 cm³/mol. The average Bonchev–Trinajstić information content (AvgIpc) is 2.22. The van der Waals surface area contributed by atoms with Gasteiger partial charge in [0.2, 0.25) is 0 Å². The van der Waals surface area contributed by atoms with Crippen LogP contribution >= 0.6 is 0 Å². The fraction of sp³-hybridized carbons (Fsp3) is 0.500. The van der Waals surface area contributed by atoms with Crippen LogP contribution < -0.4 is 10.1 Å². The highest BCUT2D eigenvalue weighted by atomic mass is 19.4. The second-order valence-electron chi connectivity index (χ2n) is 3.42. The van der Waals surface area contributed by atoms with E-state index in [4.69, 9.17) is 0 Å². The van der Waals surface area contributed by atoms with Crippen LogP contribution in [0.25, 0.3) is 0 Å². The molecule has 0 saturated heterocycles. The zero-order chi connectivity index (χ0) is 13.1. The number of nitrogens with one attached hydrogen (secondary N) is 1. The Hall–Kier alpha value is -1.37. The number of rotatable bonds is 4. The standard InChI is InChI=1S/C10H12F4N2O/c1-6(10(12,13)14)17-9-8(11)7(5-15-2)3-4-16-9/h3-4,6,15H,5H2,1-2H3. The van der Waals surface area contributed by atoms with Crippen LogP contribution in [0.1, 0.15) is 12.5 Å². The van der Waals surface area contributed by atoms with E-state index >= 15 is 0 Å². The second-order valence-corrected chi connectivity index (χ2v) is 3.42. The smallest absolute Gasteiger partial charge is 0.425 e. The molecule has 1 rings (SSSR count). The summed E-state index contributed by atoms with van der Waals surface area (Å²) in [5.74, 6) is -1.51. The number of pyridine rings is 1. The molecule has 17 heavy (non-hydrogen) atoms. The lowest BCUT2D eigenvalue weighted by Gasteiger charge is -2.17. The number of aromatic nitrogens is 1. The highest BCUT2D eigenvalue weighted by molar-refractivity contribution is 5.23. The van der Waals surface area contributed by atoms with E-state index in [1.165, 1.54) is 12.3 Å². The molecule has 0 aromatic carbocycles. The third-order valence-electron chi connectivity index (χ3n) is 2.05. The first-order valence-corrected chi connectivity index (χ1v) is 4.87. The Labute approximate surface area is 95.8 Å². The lowest BCUT2D eigenvalue weighted by molar-refractivity contribution is -0.190. The maximum atomic E-state index is 13.6. The SMILES string of the molecule is CNCc1ccnc(OC(C)C(F)(F)F)c1F. The molecule has 0 spiro atoms. The molecule has 3 nitrogen and oxygen atoms in total. The topological polar surface area (TPSA) is 34.2 Å². The van der Waals surface area contributed by atoms with E-state index in [1.807, 2.05) is 0 Å². The Kier molecular flexibility index (Phi) is 4.28. The second kappa shape index (κ2) is 5.31. The van der Waals surface area contributed by atoms with E-state index in [9.17, 15) is 17.6 Å². The van der Waals surface area contributed by atoms with Gasteiger partial charge in [0, 0.05) is 18.3 Å². The number of alkyl halides is 3. The van der Waals surface area contributed by atoms with Crippen molar-refractivity contribution in [3.8, 4) is 5.88 Å². The Morgan fingerprint density at radius 3 is 2.65 bits per heavy atom. The molecule has 0 fully saturated rings. The van der Waals surface area contributed by atoms with Crippen LogP contribution in [0.2, 0.25) is 0 Å². The maximum Gasteiger partial charge on any atom is 0.425 e. The first-order valence-electron chi connectivity index (χ1n) is 4.87. The van der Waals surface area contributed by atoms with Crippen LogP contribution in [-0.4, -0.2) is 24.3 Å². The van der Waals surface area contributed by atoms with Gasteiger partial charge < -0.3 is 10.1 Å². The molecule has 0 aliphatic rings. The average molecular weight is 252 g/mol. The molecule has 1 aromatic heterocycles. The highest BCUT2D eigenvalue weighted by Crippen LogP contribution is 2.26. The lowest BCUT2D eigenvalue weighted by atomic mass is 10.2. The zero-order valence-corrected chi connectivity index (χ0v) is 9.31. The van der Waals surface area contributed by atoms with Crippen LogP contribution in [-0.2, 0) is 6.54 Å². The molecule has 0 aliphatic carbocycles. The van der Waals surface area contributed by atoms with Gasteiger partial charge >= 0.3 is 6.18 Å². The summed E-state index contributed by atoms with van der Waals surface area (Å²) in [6.45, 7) is 0.983. The fourth-order valence-corrected chi connectivity index (χ4v) is 1.11. The monoisotopic (exact) mass is 252 g/mol. The molecule has 0 radical (unpaired) electrons. The summed E-state index contributed by atoms with van der Waals surface area (Å²) in [6, 6.07) is 1.37. The summed E-state index contributed by atoms with van der Waals surface area (Å²) in [4.78, 5) is 3.45. The first-order chi connectivity index (χ1) is 7.86. The number of hydrogen-bond donors (Lipinski definition) is 1. The fourth-order valence-electron chi connectivity index (χ4n) is 1.11. The minimum absolute atomic E-state index is 0.186.